The van der Waals surface area contributed by atoms with Crippen LogP contribution in [0.25, 0.3) is 0 Å². The van der Waals surface area contributed by atoms with Gasteiger partial charge in [-0.15, -0.1) is 4.72 Å². The molecule has 4 atom stereocenters. The summed E-state index contributed by atoms with van der Waals surface area (Å²) < 4.78 is 80.4. The van der Waals surface area contributed by atoms with E-state index in [4.69, 9.17) is 11.6 Å². The molecule has 1 aliphatic rings. The van der Waals surface area contributed by atoms with Crippen LogP contribution in [0.5, 0.6) is 0 Å². The summed E-state index contributed by atoms with van der Waals surface area (Å²) in [7, 11) is 0. The predicted octanol–water partition coefficient (Wildman–Crippen LogP) is 4.91. The Bertz CT molecular complexity index is 619. The average Bonchev–Trinajstić information content (AvgIpc) is 3.22. The first kappa shape index (κ1) is 19.8. The fourth-order valence-electron chi connectivity index (χ4n) is 2.41. The Morgan fingerprint density at radius 2 is 1.83 bits per heavy atom. The molecule has 9 heteroatoms. The number of hydrogen-bond donors (Lipinski definition) is 1. The Morgan fingerprint density at radius 1 is 1.25 bits per heavy atom. The van der Waals surface area contributed by atoms with Gasteiger partial charge in [-0.05, 0) is 39.2 Å². The van der Waals surface area contributed by atoms with Crippen LogP contribution in [-0.4, -0.2) is 15.5 Å². The molecule has 2 rings (SSSR count). The van der Waals surface area contributed by atoms with Crippen LogP contribution in [-0.2, 0) is 11.4 Å². The quantitative estimate of drug-likeness (QED) is 0.451. The Balaban J connectivity index is 2.36. The normalized spacial score (nSPS) is 23.9. The van der Waals surface area contributed by atoms with Crippen molar-refractivity contribution in [3.8, 4) is 0 Å². The van der Waals surface area contributed by atoms with Crippen molar-refractivity contribution in [1.29, 1.82) is 0 Å². The second-order valence-corrected chi connectivity index (χ2v) is 9.16. The molecule has 0 saturated heterocycles. The van der Waals surface area contributed by atoms with Gasteiger partial charge in [-0.2, -0.15) is 13.2 Å². The Kier molecular flexibility index (Phi) is 5.45. The maximum absolute atomic E-state index is 14.3. The van der Waals surface area contributed by atoms with E-state index in [0.717, 1.165) is 12.1 Å². The van der Waals surface area contributed by atoms with Gasteiger partial charge in [0.25, 0.3) is 0 Å². The molecule has 0 amide bonds. The molecule has 0 bridgehead atoms. The second kappa shape index (κ2) is 6.63. The van der Waals surface area contributed by atoms with Gasteiger partial charge in [0.2, 0.25) is 0 Å². The molecule has 136 valence electrons. The van der Waals surface area contributed by atoms with Gasteiger partial charge in [0, 0.05) is 16.9 Å². The zero-order valence-electron chi connectivity index (χ0n) is 13.2. The first-order chi connectivity index (χ1) is 10.8. The van der Waals surface area contributed by atoms with Gasteiger partial charge < -0.3 is 4.55 Å². The highest BCUT2D eigenvalue weighted by molar-refractivity contribution is 7.90. The van der Waals surface area contributed by atoms with Crippen molar-refractivity contribution in [1.82, 2.24) is 4.72 Å². The first-order valence-electron chi connectivity index (χ1n) is 7.22. The Morgan fingerprint density at radius 3 is 2.29 bits per heavy atom. The summed E-state index contributed by atoms with van der Waals surface area (Å²) in [6, 6.07) is 0.759. The lowest BCUT2D eigenvalue weighted by atomic mass is 10.0. The van der Waals surface area contributed by atoms with E-state index in [0.29, 0.717) is 0 Å². The van der Waals surface area contributed by atoms with E-state index >= 15 is 0 Å². The van der Waals surface area contributed by atoms with Crippen molar-refractivity contribution in [2.45, 2.75) is 44.2 Å². The highest BCUT2D eigenvalue weighted by atomic mass is 35.5. The summed E-state index contributed by atoms with van der Waals surface area (Å²) in [5.41, 5.74) is -0.212. The molecule has 1 aliphatic carbocycles. The summed E-state index contributed by atoms with van der Waals surface area (Å²) in [6.07, 6.45) is -4.63. The maximum atomic E-state index is 14.3. The standard InChI is InChI=1S/C15H17ClF5NOS/c1-14(2,3)24(23)22-13(8-6-9(8)15(19,20)21)7-4-5-10(17)11(16)12(7)18/h4-5,8-9,13,22H,6H2,1-3H3/t8-,9-,13?,24-/m1/s1. The van der Waals surface area contributed by atoms with Crippen LogP contribution in [0.1, 0.15) is 38.8 Å². The summed E-state index contributed by atoms with van der Waals surface area (Å²) in [5.74, 6) is -4.73. The van der Waals surface area contributed by atoms with Gasteiger partial charge in [0.15, 0.2) is 0 Å². The largest absolute Gasteiger partial charge is 0.598 e. The van der Waals surface area contributed by atoms with Crippen molar-refractivity contribution in [3.63, 3.8) is 0 Å². The summed E-state index contributed by atoms with van der Waals surface area (Å²) in [4.78, 5) is 0. The van der Waals surface area contributed by atoms with Gasteiger partial charge in [0.05, 0.1) is 12.0 Å². The molecule has 0 aliphatic heterocycles. The van der Waals surface area contributed by atoms with Crippen LogP contribution in [0.4, 0.5) is 22.0 Å². The summed E-state index contributed by atoms with van der Waals surface area (Å²) >= 11 is 3.80. The molecule has 0 radical (unpaired) electrons. The third-order valence-electron chi connectivity index (χ3n) is 3.88. The van der Waals surface area contributed by atoms with Crippen molar-refractivity contribution in [3.05, 3.63) is 34.4 Å². The minimum atomic E-state index is -4.42. The van der Waals surface area contributed by atoms with Crippen molar-refractivity contribution >= 4 is 23.0 Å². The third-order valence-corrected chi connectivity index (χ3v) is 5.81. The molecule has 24 heavy (non-hydrogen) atoms. The predicted molar refractivity (Wildman–Crippen MR) is 82.8 cm³/mol. The molecule has 1 N–H and O–H groups in total. The molecule has 1 saturated carbocycles. The van der Waals surface area contributed by atoms with Crippen molar-refractivity contribution < 1.29 is 26.5 Å². The van der Waals surface area contributed by atoms with E-state index in [-0.39, 0.29) is 12.0 Å². The zero-order valence-corrected chi connectivity index (χ0v) is 14.8. The van der Waals surface area contributed by atoms with Gasteiger partial charge in [0.1, 0.15) is 21.4 Å². The minimum absolute atomic E-state index is 0.211. The smallest absolute Gasteiger partial charge is 0.392 e. The van der Waals surface area contributed by atoms with Gasteiger partial charge in [-0.25, -0.2) is 8.78 Å². The lowest BCUT2D eigenvalue weighted by Gasteiger charge is -2.29. The number of halogens is 6. The summed E-state index contributed by atoms with van der Waals surface area (Å²) in [6.45, 7) is 4.90. The van der Waals surface area contributed by atoms with Gasteiger partial charge in [-0.1, -0.05) is 17.7 Å². The molecular weight excluding hydrogens is 373 g/mol. The van der Waals surface area contributed by atoms with E-state index in [9.17, 15) is 26.5 Å². The average molecular weight is 390 g/mol. The molecule has 1 aromatic carbocycles. The van der Waals surface area contributed by atoms with Crippen LogP contribution in [0.15, 0.2) is 12.1 Å². The molecule has 0 aromatic heterocycles. The number of rotatable bonds is 4. The highest BCUT2D eigenvalue weighted by Gasteiger charge is 2.60. The summed E-state index contributed by atoms with van der Waals surface area (Å²) in [5, 5.41) is -0.787. The van der Waals surface area contributed by atoms with Crippen LogP contribution in [0.3, 0.4) is 0 Å². The fourth-order valence-corrected chi connectivity index (χ4v) is 3.47. The number of alkyl halides is 3. The molecule has 1 aromatic rings. The SMILES string of the molecule is CC(C)(C)[S@@+]([O-])NC(c1ccc(F)c(Cl)c1F)[C@@H]1C[C@H]1C(F)(F)F. The van der Waals surface area contributed by atoms with Gasteiger partial charge >= 0.3 is 6.18 Å². The van der Waals surface area contributed by atoms with Gasteiger partial charge in [-0.3, -0.25) is 0 Å². The number of benzene rings is 1. The zero-order chi connectivity index (χ0) is 18.4. The van der Waals surface area contributed by atoms with Crippen LogP contribution in [0.2, 0.25) is 5.02 Å². The van der Waals surface area contributed by atoms with E-state index in [2.05, 4.69) is 4.72 Å². The van der Waals surface area contributed by atoms with E-state index in [1.54, 1.807) is 20.8 Å². The second-order valence-electron chi connectivity index (χ2n) is 6.79. The number of hydrogen-bond acceptors (Lipinski definition) is 2. The molecule has 0 heterocycles. The van der Waals surface area contributed by atoms with E-state index < -0.39 is 56.8 Å². The maximum Gasteiger partial charge on any atom is 0.392 e. The number of nitrogens with one attached hydrogen (secondary N) is 1. The monoisotopic (exact) mass is 389 g/mol. The van der Waals surface area contributed by atoms with Crippen molar-refractivity contribution in [2.75, 3.05) is 0 Å². The molecule has 2 nitrogen and oxygen atoms in total. The van der Waals surface area contributed by atoms with Crippen LogP contribution >= 0.6 is 11.6 Å². The molecule has 1 unspecified atom stereocenters. The van der Waals surface area contributed by atoms with E-state index in [1.165, 1.54) is 0 Å². The molecule has 1 fully saturated rings. The lowest BCUT2D eigenvalue weighted by molar-refractivity contribution is -0.151. The lowest BCUT2D eigenvalue weighted by Crippen LogP contribution is -2.42. The molecular formula is C15H17ClF5NOS. The Labute approximate surface area is 145 Å². The van der Waals surface area contributed by atoms with Crippen LogP contribution < -0.4 is 4.72 Å². The van der Waals surface area contributed by atoms with E-state index in [1.807, 2.05) is 0 Å². The minimum Gasteiger partial charge on any atom is -0.598 e. The Hall–Kier alpha value is -0.570. The molecule has 0 spiro atoms. The fraction of sp³-hybridized carbons (Fsp3) is 0.600. The van der Waals surface area contributed by atoms with Crippen LogP contribution in [0, 0.1) is 23.5 Å². The highest BCUT2D eigenvalue weighted by Crippen LogP contribution is 2.56. The third kappa shape index (κ3) is 4.15. The van der Waals surface area contributed by atoms with Crippen molar-refractivity contribution in [2.24, 2.45) is 11.8 Å². The first-order valence-corrected chi connectivity index (χ1v) is 8.75. The topological polar surface area (TPSA) is 35.1 Å².